The molecule has 146 valence electrons. The molecule has 5 nitrogen and oxygen atoms in total. The van der Waals surface area contributed by atoms with Gasteiger partial charge < -0.3 is 15.0 Å². The number of aromatic amines is 1. The van der Waals surface area contributed by atoms with Crippen LogP contribution in [0.1, 0.15) is 10.4 Å². The molecule has 4 aromatic carbocycles. The van der Waals surface area contributed by atoms with E-state index in [9.17, 15) is 4.79 Å². The number of ether oxygens (including phenoxy) is 1. The third-order valence-electron chi connectivity index (χ3n) is 5.13. The minimum atomic E-state index is -0.235. The number of H-pyrrole nitrogens is 1. The lowest BCUT2D eigenvalue weighted by Gasteiger charge is -2.13. The van der Waals surface area contributed by atoms with Crippen molar-refractivity contribution >= 4 is 33.4 Å². The first kappa shape index (κ1) is 17.9. The Balaban J connectivity index is 1.54. The third kappa shape index (κ3) is 3.16. The van der Waals surface area contributed by atoms with Crippen molar-refractivity contribution in [1.82, 2.24) is 9.97 Å². The highest BCUT2D eigenvalue weighted by Gasteiger charge is 2.17. The molecule has 0 atom stereocenters. The van der Waals surface area contributed by atoms with E-state index in [4.69, 9.17) is 4.74 Å². The maximum atomic E-state index is 13.2. The number of carbonyl (C=O) groups is 1. The van der Waals surface area contributed by atoms with Gasteiger partial charge in [-0.15, -0.1) is 0 Å². The van der Waals surface area contributed by atoms with E-state index in [1.54, 1.807) is 7.11 Å². The smallest absolute Gasteiger partial charge is 0.259 e. The van der Waals surface area contributed by atoms with Crippen molar-refractivity contribution in [2.45, 2.75) is 0 Å². The van der Waals surface area contributed by atoms with Gasteiger partial charge in [-0.25, -0.2) is 4.98 Å². The van der Waals surface area contributed by atoms with Crippen LogP contribution in [-0.2, 0) is 0 Å². The van der Waals surface area contributed by atoms with Gasteiger partial charge in [0.05, 0.1) is 29.4 Å². The average Bonchev–Trinajstić information content (AvgIpc) is 3.22. The number of hydrogen-bond donors (Lipinski definition) is 2. The number of fused-ring (bicyclic) bond motifs is 2. The first-order chi connectivity index (χ1) is 14.7. The molecule has 0 aliphatic rings. The van der Waals surface area contributed by atoms with Gasteiger partial charge in [-0.1, -0.05) is 48.5 Å². The number of anilines is 1. The first-order valence-electron chi connectivity index (χ1n) is 9.65. The Morgan fingerprint density at radius 2 is 1.60 bits per heavy atom. The summed E-state index contributed by atoms with van der Waals surface area (Å²) in [6.07, 6.45) is 0. The molecular weight excluding hydrogens is 374 g/mol. The number of amides is 1. The summed E-state index contributed by atoms with van der Waals surface area (Å²) in [5.74, 6) is 1.01. The van der Waals surface area contributed by atoms with Gasteiger partial charge in [0, 0.05) is 5.56 Å². The Bertz CT molecular complexity index is 1350. The monoisotopic (exact) mass is 393 g/mol. The van der Waals surface area contributed by atoms with Crippen molar-refractivity contribution in [3.63, 3.8) is 0 Å². The lowest BCUT2D eigenvalue weighted by Crippen LogP contribution is -2.14. The van der Waals surface area contributed by atoms with Crippen LogP contribution >= 0.6 is 0 Å². The number of para-hydroxylation sites is 3. The standard InChI is InChI=1S/C25H19N3O2/c1-30-23-15-17-9-3-2-8-16(17)14-19(23)25(29)28-20-11-5-4-10-18(20)24-26-21-12-6-7-13-22(21)27-24/h2-15H,1H3,(H,26,27)(H,28,29). The number of aromatic nitrogens is 2. The van der Waals surface area contributed by atoms with Gasteiger partial charge in [0.15, 0.2) is 0 Å². The Hall–Kier alpha value is -4.12. The molecule has 0 fully saturated rings. The summed E-state index contributed by atoms with van der Waals surface area (Å²) >= 11 is 0. The predicted octanol–water partition coefficient (Wildman–Crippen LogP) is 5.64. The lowest BCUT2D eigenvalue weighted by molar-refractivity contribution is 0.102. The summed E-state index contributed by atoms with van der Waals surface area (Å²) in [6.45, 7) is 0. The second-order valence-corrected chi connectivity index (χ2v) is 7.00. The van der Waals surface area contributed by atoms with E-state index in [2.05, 4.69) is 15.3 Å². The summed E-state index contributed by atoms with van der Waals surface area (Å²) in [7, 11) is 1.57. The van der Waals surface area contributed by atoms with Crippen LogP contribution in [0.25, 0.3) is 33.2 Å². The third-order valence-corrected chi connectivity index (χ3v) is 5.13. The molecule has 1 heterocycles. The zero-order valence-electron chi connectivity index (χ0n) is 16.3. The molecule has 5 heteroatoms. The minimum absolute atomic E-state index is 0.235. The molecule has 2 N–H and O–H groups in total. The second-order valence-electron chi connectivity index (χ2n) is 7.00. The molecule has 1 aromatic heterocycles. The van der Waals surface area contributed by atoms with E-state index in [0.717, 1.165) is 27.4 Å². The van der Waals surface area contributed by atoms with Crippen LogP contribution in [0.5, 0.6) is 5.75 Å². The molecule has 0 aliphatic carbocycles. The highest BCUT2D eigenvalue weighted by atomic mass is 16.5. The van der Waals surface area contributed by atoms with Crippen LogP contribution < -0.4 is 10.1 Å². The van der Waals surface area contributed by atoms with E-state index in [1.807, 2.05) is 84.9 Å². The van der Waals surface area contributed by atoms with Crippen molar-refractivity contribution in [1.29, 1.82) is 0 Å². The highest BCUT2D eigenvalue weighted by Crippen LogP contribution is 2.30. The van der Waals surface area contributed by atoms with E-state index in [-0.39, 0.29) is 5.91 Å². The van der Waals surface area contributed by atoms with E-state index in [0.29, 0.717) is 22.8 Å². The van der Waals surface area contributed by atoms with Crippen LogP contribution in [0.3, 0.4) is 0 Å². The largest absolute Gasteiger partial charge is 0.496 e. The molecule has 0 unspecified atom stereocenters. The van der Waals surface area contributed by atoms with Crippen LogP contribution in [-0.4, -0.2) is 23.0 Å². The van der Waals surface area contributed by atoms with Crippen LogP contribution in [0.15, 0.2) is 84.9 Å². The number of carbonyl (C=O) groups excluding carboxylic acids is 1. The van der Waals surface area contributed by atoms with Crippen molar-refractivity contribution < 1.29 is 9.53 Å². The highest BCUT2D eigenvalue weighted by molar-refractivity contribution is 6.10. The van der Waals surface area contributed by atoms with Gasteiger partial charge in [-0.2, -0.15) is 0 Å². The molecule has 0 spiro atoms. The number of nitrogens with one attached hydrogen (secondary N) is 2. The van der Waals surface area contributed by atoms with Crippen molar-refractivity contribution in [2.24, 2.45) is 0 Å². The Kier molecular flexibility index (Phi) is 4.41. The fourth-order valence-electron chi connectivity index (χ4n) is 3.63. The molecule has 0 saturated heterocycles. The summed E-state index contributed by atoms with van der Waals surface area (Å²) in [5.41, 5.74) is 3.81. The van der Waals surface area contributed by atoms with Gasteiger partial charge in [-0.3, -0.25) is 4.79 Å². The Morgan fingerprint density at radius 3 is 2.40 bits per heavy atom. The number of imidazole rings is 1. The molecule has 5 rings (SSSR count). The van der Waals surface area contributed by atoms with Gasteiger partial charge in [0.25, 0.3) is 5.91 Å². The number of benzene rings is 4. The molecule has 1 amide bonds. The lowest BCUT2D eigenvalue weighted by atomic mass is 10.0. The number of rotatable bonds is 4. The van der Waals surface area contributed by atoms with Crippen molar-refractivity contribution in [3.8, 4) is 17.1 Å². The maximum absolute atomic E-state index is 13.2. The van der Waals surface area contributed by atoms with Gasteiger partial charge >= 0.3 is 0 Å². The summed E-state index contributed by atoms with van der Waals surface area (Å²) in [6, 6.07) is 27.1. The topological polar surface area (TPSA) is 67.0 Å². The zero-order valence-corrected chi connectivity index (χ0v) is 16.3. The summed E-state index contributed by atoms with van der Waals surface area (Å²) in [4.78, 5) is 21.2. The quantitative estimate of drug-likeness (QED) is 0.415. The zero-order chi connectivity index (χ0) is 20.5. The Morgan fingerprint density at radius 1 is 0.900 bits per heavy atom. The summed E-state index contributed by atoms with van der Waals surface area (Å²) in [5, 5.41) is 5.03. The molecule has 5 aromatic rings. The first-order valence-corrected chi connectivity index (χ1v) is 9.65. The Labute approximate surface area is 173 Å². The number of nitrogens with zero attached hydrogens (tertiary/aromatic N) is 1. The molecule has 0 saturated carbocycles. The van der Waals surface area contributed by atoms with E-state index < -0.39 is 0 Å². The summed E-state index contributed by atoms with van der Waals surface area (Å²) < 4.78 is 5.49. The van der Waals surface area contributed by atoms with Crippen LogP contribution in [0.4, 0.5) is 5.69 Å². The van der Waals surface area contributed by atoms with Crippen LogP contribution in [0, 0.1) is 0 Å². The maximum Gasteiger partial charge on any atom is 0.259 e. The van der Waals surface area contributed by atoms with Gasteiger partial charge in [0.2, 0.25) is 0 Å². The van der Waals surface area contributed by atoms with Crippen molar-refractivity contribution in [3.05, 3.63) is 90.5 Å². The van der Waals surface area contributed by atoms with Crippen LogP contribution in [0.2, 0.25) is 0 Å². The SMILES string of the molecule is COc1cc2ccccc2cc1C(=O)Nc1ccccc1-c1nc2ccccc2[nH]1. The number of methoxy groups -OCH3 is 1. The minimum Gasteiger partial charge on any atom is -0.496 e. The normalized spacial score (nSPS) is 11.0. The fourth-order valence-corrected chi connectivity index (χ4v) is 3.63. The molecule has 30 heavy (non-hydrogen) atoms. The molecule has 0 radical (unpaired) electrons. The molecule has 0 bridgehead atoms. The average molecular weight is 393 g/mol. The van der Waals surface area contributed by atoms with Gasteiger partial charge in [0.1, 0.15) is 11.6 Å². The van der Waals surface area contributed by atoms with Crippen molar-refractivity contribution in [2.75, 3.05) is 12.4 Å². The molecule has 0 aliphatic heterocycles. The molecular formula is C25H19N3O2. The van der Waals surface area contributed by atoms with E-state index in [1.165, 1.54) is 0 Å². The predicted molar refractivity (Wildman–Crippen MR) is 120 cm³/mol. The fraction of sp³-hybridized carbons (Fsp3) is 0.0400. The van der Waals surface area contributed by atoms with Gasteiger partial charge in [-0.05, 0) is 47.2 Å². The second kappa shape index (κ2) is 7.37. The van der Waals surface area contributed by atoms with E-state index >= 15 is 0 Å². The number of hydrogen-bond acceptors (Lipinski definition) is 3.